The van der Waals surface area contributed by atoms with Crippen molar-refractivity contribution in [2.75, 3.05) is 0 Å². The molecule has 3 aromatic rings. The fraction of sp³-hybridized carbons (Fsp3) is 0. The molecule has 3 aromatic heterocycles. The predicted molar refractivity (Wildman–Crippen MR) is 57.3 cm³/mol. The molecule has 0 aliphatic carbocycles. The average Bonchev–Trinajstić information content (AvgIpc) is 2.76. The Morgan fingerprint density at radius 1 is 1.38 bits per heavy atom. The second kappa shape index (κ2) is 3.27. The van der Waals surface area contributed by atoms with Crippen molar-refractivity contribution in [2.24, 2.45) is 0 Å². The molecule has 1 N–H and O–H groups in total. The van der Waals surface area contributed by atoms with Gasteiger partial charge in [0.2, 0.25) is 0 Å². The lowest BCUT2D eigenvalue weighted by molar-refractivity contribution is 0.882. The summed E-state index contributed by atoms with van der Waals surface area (Å²) in [7, 11) is 0. The van der Waals surface area contributed by atoms with Crippen molar-refractivity contribution < 1.29 is 0 Å². The number of nitrogens with zero attached hydrogens (tertiary/aromatic N) is 4. The summed E-state index contributed by atoms with van der Waals surface area (Å²) in [5.41, 5.74) is 1.02. The number of H-pyrrole nitrogens is 1. The molecule has 3 rings (SSSR count). The third-order valence-corrected chi connectivity index (χ3v) is 2.23. The summed E-state index contributed by atoms with van der Waals surface area (Å²) in [5, 5.41) is 4.65. The van der Waals surface area contributed by atoms with Gasteiger partial charge in [-0.05, 0) is 12.1 Å². The molecule has 0 atom stereocenters. The Morgan fingerprint density at radius 3 is 3.06 bits per heavy atom. The molecule has 16 heavy (non-hydrogen) atoms. The van der Waals surface area contributed by atoms with Crippen LogP contribution in [-0.4, -0.2) is 24.7 Å². The van der Waals surface area contributed by atoms with Gasteiger partial charge in [0.1, 0.15) is 5.39 Å². The van der Waals surface area contributed by atoms with Gasteiger partial charge in [0.25, 0.3) is 5.56 Å². The molecule has 6 heteroatoms. The highest BCUT2D eigenvalue weighted by atomic mass is 16.1. The van der Waals surface area contributed by atoms with E-state index in [1.165, 1.54) is 6.33 Å². The zero-order valence-electron chi connectivity index (χ0n) is 8.16. The average molecular weight is 213 g/mol. The standard InChI is InChI=1S/C10H7N5O/c16-10-8-5-15(7-2-1-3-11-4-7)14-9(8)12-6-13-10/h1-6H,(H,12,13,14,16). The Kier molecular flexibility index (Phi) is 1.79. The highest BCUT2D eigenvalue weighted by Gasteiger charge is 2.05. The lowest BCUT2D eigenvalue weighted by atomic mass is 10.4. The van der Waals surface area contributed by atoms with Crippen LogP contribution in [0.4, 0.5) is 0 Å². The van der Waals surface area contributed by atoms with Gasteiger partial charge in [-0.3, -0.25) is 9.78 Å². The number of fused-ring (bicyclic) bond motifs is 1. The summed E-state index contributed by atoms with van der Waals surface area (Å²) in [6.45, 7) is 0. The number of rotatable bonds is 1. The highest BCUT2D eigenvalue weighted by molar-refractivity contribution is 5.72. The van der Waals surface area contributed by atoms with E-state index in [0.717, 1.165) is 5.69 Å². The number of aromatic amines is 1. The van der Waals surface area contributed by atoms with E-state index in [9.17, 15) is 4.79 Å². The van der Waals surface area contributed by atoms with Crippen LogP contribution in [-0.2, 0) is 0 Å². The summed E-state index contributed by atoms with van der Waals surface area (Å²) in [6.07, 6.45) is 6.32. The molecule has 0 aliphatic heterocycles. The molecule has 0 aromatic carbocycles. The van der Waals surface area contributed by atoms with Gasteiger partial charge in [0.05, 0.1) is 18.2 Å². The maximum atomic E-state index is 11.5. The zero-order chi connectivity index (χ0) is 11.0. The summed E-state index contributed by atoms with van der Waals surface area (Å²) < 4.78 is 1.58. The quantitative estimate of drug-likeness (QED) is 0.638. The molecule has 0 spiro atoms. The number of hydrogen-bond donors (Lipinski definition) is 1. The normalized spacial score (nSPS) is 10.8. The van der Waals surface area contributed by atoms with Crippen LogP contribution in [0.1, 0.15) is 0 Å². The van der Waals surface area contributed by atoms with E-state index in [2.05, 4.69) is 20.1 Å². The van der Waals surface area contributed by atoms with Gasteiger partial charge in [0, 0.05) is 12.4 Å². The molecular weight excluding hydrogens is 206 g/mol. The summed E-state index contributed by atoms with van der Waals surface area (Å²) in [6, 6.07) is 3.66. The van der Waals surface area contributed by atoms with E-state index < -0.39 is 0 Å². The number of hydrogen-bond acceptors (Lipinski definition) is 4. The van der Waals surface area contributed by atoms with E-state index in [0.29, 0.717) is 11.0 Å². The Hall–Kier alpha value is -2.50. The van der Waals surface area contributed by atoms with Gasteiger partial charge in [-0.2, -0.15) is 0 Å². The van der Waals surface area contributed by atoms with Crippen LogP contribution >= 0.6 is 0 Å². The van der Waals surface area contributed by atoms with E-state index in [1.807, 2.05) is 6.07 Å². The van der Waals surface area contributed by atoms with Gasteiger partial charge in [-0.25, -0.2) is 9.67 Å². The van der Waals surface area contributed by atoms with Crippen molar-refractivity contribution in [3.8, 4) is 5.69 Å². The van der Waals surface area contributed by atoms with Crippen molar-refractivity contribution in [3.63, 3.8) is 0 Å². The van der Waals surface area contributed by atoms with Gasteiger partial charge in [0.15, 0.2) is 5.65 Å². The summed E-state index contributed by atoms with van der Waals surface area (Å²) >= 11 is 0. The van der Waals surface area contributed by atoms with Crippen molar-refractivity contribution in [1.29, 1.82) is 0 Å². The molecule has 0 bridgehead atoms. The lowest BCUT2D eigenvalue weighted by Gasteiger charge is -1.96. The minimum atomic E-state index is -0.194. The molecule has 0 saturated heterocycles. The monoisotopic (exact) mass is 213 g/mol. The first-order valence-corrected chi connectivity index (χ1v) is 4.68. The molecular formula is C10H7N5O. The van der Waals surface area contributed by atoms with E-state index in [4.69, 9.17) is 0 Å². The summed E-state index contributed by atoms with van der Waals surface area (Å²) in [5.74, 6) is 0. The minimum absolute atomic E-state index is 0.194. The van der Waals surface area contributed by atoms with Crippen molar-refractivity contribution in [2.45, 2.75) is 0 Å². The Bertz CT molecular complexity index is 685. The molecule has 0 aliphatic rings. The maximum absolute atomic E-state index is 11.5. The van der Waals surface area contributed by atoms with Crippen LogP contribution in [0.5, 0.6) is 0 Å². The third kappa shape index (κ3) is 1.28. The van der Waals surface area contributed by atoms with Crippen LogP contribution in [0.25, 0.3) is 16.7 Å². The van der Waals surface area contributed by atoms with Crippen molar-refractivity contribution in [3.05, 3.63) is 47.4 Å². The first-order chi connectivity index (χ1) is 7.84. The molecule has 0 unspecified atom stereocenters. The smallest absolute Gasteiger partial charge is 0.261 e. The van der Waals surface area contributed by atoms with E-state index in [1.54, 1.807) is 29.3 Å². The number of pyridine rings is 1. The van der Waals surface area contributed by atoms with Crippen LogP contribution < -0.4 is 5.56 Å². The molecule has 0 fully saturated rings. The third-order valence-electron chi connectivity index (χ3n) is 2.23. The molecule has 0 amide bonds. The molecule has 78 valence electrons. The molecule has 0 radical (unpaired) electrons. The van der Waals surface area contributed by atoms with Crippen LogP contribution in [0.2, 0.25) is 0 Å². The second-order valence-electron chi connectivity index (χ2n) is 3.25. The SMILES string of the molecule is O=c1[nH]cnc2nn(-c3cccnc3)cc12. The fourth-order valence-corrected chi connectivity index (χ4v) is 1.47. The first-order valence-electron chi connectivity index (χ1n) is 4.68. The van der Waals surface area contributed by atoms with Crippen molar-refractivity contribution in [1.82, 2.24) is 24.7 Å². The van der Waals surface area contributed by atoms with Crippen LogP contribution in [0, 0.1) is 0 Å². The van der Waals surface area contributed by atoms with Gasteiger partial charge < -0.3 is 4.98 Å². The topological polar surface area (TPSA) is 76.5 Å². The van der Waals surface area contributed by atoms with E-state index in [-0.39, 0.29) is 5.56 Å². The number of nitrogens with one attached hydrogen (secondary N) is 1. The van der Waals surface area contributed by atoms with E-state index >= 15 is 0 Å². The Morgan fingerprint density at radius 2 is 2.31 bits per heavy atom. The second-order valence-corrected chi connectivity index (χ2v) is 3.25. The van der Waals surface area contributed by atoms with Gasteiger partial charge in [-0.1, -0.05) is 0 Å². The lowest BCUT2D eigenvalue weighted by Crippen LogP contribution is -2.04. The van der Waals surface area contributed by atoms with Crippen LogP contribution in [0.3, 0.4) is 0 Å². The fourth-order valence-electron chi connectivity index (χ4n) is 1.47. The predicted octanol–water partition coefficient (Wildman–Crippen LogP) is 0.504. The minimum Gasteiger partial charge on any atom is -0.312 e. The maximum Gasteiger partial charge on any atom is 0.261 e. The number of aromatic nitrogens is 5. The highest BCUT2D eigenvalue weighted by Crippen LogP contribution is 2.08. The molecule has 6 nitrogen and oxygen atoms in total. The first kappa shape index (κ1) is 8.78. The van der Waals surface area contributed by atoms with Gasteiger partial charge in [-0.15, -0.1) is 5.10 Å². The zero-order valence-corrected chi connectivity index (χ0v) is 8.16. The Labute approximate surface area is 89.6 Å². The summed E-state index contributed by atoms with van der Waals surface area (Å²) in [4.78, 5) is 21.9. The van der Waals surface area contributed by atoms with Gasteiger partial charge >= 0.3 is 0 Å². The van der Waals surface area contributed by atoms with Crippen LogP contribution in [0.15, 0.2) is 41.8 Å². The molecule has 0 saturated carbocycles. The van der Waals surface area contributed by atoms with Crippen molar-refractivity contribution >= 4 is 11.0 Å². The largest absolute Gasteiger partial charge is 0.312 e. The molecule has 3 heterocycles. The Balaban J connectivity index is 2.28.